The Kier molecular flexibility index (Phi) is 4.54. The van der Waals surface area contributed by atoms with E-state index in [0.29, 0.717) is 18.0 Å². The zero-order valence-corrected chi connectivity index (χ0v) is 14.6. The van der Waals surface area contributed by atoms with E-state index in [1.165, 1.54) is 0 Å². The van der Waals surface area contributed by atoms with Crippen LogP contribution in [0.25, 0.3) is 11.0 Å². The van der Waals surface area contributed by atoms with Gasteiger partial charge in [0.05, 0.1) is 16.6 Å². The minimum atomic E-state index is 0.0651. The van der Waals surface area contributed by atoms with Crippen LogP contribution >= 0.6 is 0 Å². The molecule has 0 saturated heterocycles. The maximum Gasteiger partial charge on any atom is 0.254 e. The molecule has 2 heterocycles. The summed E-state index contributed by atoms with van der Waals surface area (Å²) in [5, 5.41) is 5.29. The lowest BCUT2D eigenvalue weighted by atomic mass is 10.0. The first-order valence-electron chi connectivity index (χ1n) is 7.89. The summed E-state index contributed by atoms with van der Waals surface area (Å²) < 4.78 is 1.75. The van der Waals surface area contributed by atoms with E-state index in [-0.39, 0.29) is 11.9 Å². The Hall–Kier alpha value is -1.91. The number of fused-ring (bicyclic) bond motifs is 1. The molecule has 0 saturated carbocycles. The van der Waals surface area contributed by atoms with Gasteiger partial charge in [0, 0.05) is 25.3 Å². The highest BCUT2D eigenvalue weighted by atomic mass is 16.2. The summed E-state index contributed by atoms with van der Waals surface area (Å²) in [5.41, 5.74) is 3.17. The zero-order chi connectivity index (χ0) is 16.6. The quantitative estimate of drug-likeness (QED) is 0.872. The highest BCUT2D eigenvalue weighted by Gasteiger charge is 2.25. The van der Waals surface area contributed by atoms with Gasteiger partial charge in [-0.25, -0.2) is 4.98 Å². The van der Waals surface area contributed by atoms with Crippen molar-refractivity contribution in [3.05, 3.63) is 23.0 Å². The third kappa shape index (κ3) is 2.72. The molecule has 0 aliphatic heterocycles. The number of nitrogens with zero attached hydrogens (tertiary/aromatic N) is 4. The molecule has 0 bridgehead atoms. The van der Waals surface area contributed by atoms with Gasteiger partial charge < -0.3 is 4.90 Å². The standard InChI is InChI=1S/C17H26N4O/c1-8-21(13(6)10(2)3)17(22)14-9-11(4)18-16-15(14)12(5)19-20(16)7/h9-10,13H,8H2,1-7H3. The zero-order valence-electron chi connectivity index (χ0n) is 14.6. The molecule has 0 N–H and O–H groups in total. The van der Waals surface area contributed by atoms with Crippen LogP contribution in [0.5, 0.6) is 0 Å². The Balaban J connectivity index is 2.60. The van der Waals surface area contributed by atoms with Gasteiger partial charge in [-0.15, -0.1) is 0 Å². The smallest absolute Gasteiger partial charge is 0.254 e. The van der Waals surface area contributed by atoms with Crippen molar-refractivity contribution in [2.45, 2.75) is 47.6 Å². The van der Waals surface area contributed by atoms with E-state index in [1.54, 1.807) is 4.68 Å². The third-order valence-corrected chi connectivity index (χ3v) is 4.39. The lowest BCUT2D eigenvalue weighted by molar-refractivity contribution is 0.0662. The van der Waals surface area contributed by atoms with Crippen molar-refractivity contribution in [1.29, 1.82) is 0 Å². The number of amides is 1. The fraction of sp³-hybridized carbons (Fsp3) is 0.588. The van der Waals surface area contributed by atoms with Crippen molar-refractivity contribution in [2.24, 2.45) is 13.0 Å². The first-order valence-corrected chi connectivity index (χ1v) is 7.89. The van der Waals surface area contributed by atoms with Crippen molar-refractivity contribution in [2.75, 3.05) is 6.54 Å². The molecule has 5 heteroatoms. The van der Waals surface area contributed by atoms with Crippen molar-refractivity contribution >= 4 is 16.9 Å². The predicted molar refractivity (Wildman–Crippen MR) is 89.0 cm³/mol. The van der Waals surface area contributed by atoms with Gasteiger partial charge in [0.1, 0.15) is 0 Å². The number of carbonyl (C=O) groups excluding carboxylic acids is 1. The monoisotopic (exact) mass is 302 g/mol. The first-order chi connectivity index (χ1) is 10.3. The van der Waals surface area contributed by atoms with Gasteiger partial charge in [0.2, 0.25) is 0 Å². The summed E-state index contributed by atoms with van der Waals surface area (Å²) in [6.45, 7) is 13.0. The van der Waals surface area contributed by atoms with E-state index >= 15 is 0 Å². The number of rotatable bonds is 4. The molecule has 1 atom stereocenters. The van der Waals surface area contributed by atoms with E-state index in [2.05, 4.69) is 30.9 Å². The van der Waals surface area contributed by atoms with E-state index in [4.69, 9.17) is 0 Å². The van der Waals surface area contributed by atoms with Gasteiger partial charge in [-0.3, -0.25) is 9.48 Å². The number of carbonyl (C=O) groups is 1. The number of pyridine rings is 1. The van der Waals surface area contributed by atoms with E-state index < -0.39 is 0 Å². The normalized spacial score (nSPS) is 12.9. The van der Waals surface area contributed by atoms with E-state index in [9.17, 15) is 4.79 Å². The van der Waals surface area contributed by atoms with Crippen LogP contribution in [0.15, 0.2) is 6.07 Å². The van der Waals surface area contributed by atoms with Crippen LogP contribution in [0.1, 0.15) is 49.4 Å². The van der Waals surface area contributed by atoms with Crippen LogP contribution in [-0.2, 0) is 7.05 Å². The lowest BCUT2D eigenvalue weighted by Crippen LogP contribution is -2.41. The number of aromatic nitrogens is 3. The van der Waals surface area contributed by atoms with Crippen molar-refractivity contribution in [3.8, 4) is 0 Å². The largest absolute Gasteiger partial charge is 0.336 e. The first kappa shape index (κ1) is 16.5. The van der Waals surface area contributed by atoms with Crippen LogP contribution in [-0.4, -0.2) is 38.2 Å². The highest BCUT2D eigenvalue weighted by molar-refractivity contribution is 6.06. The fourth-order valence-corrected chi connectivity index (χ4v) is 2.87. The Morgan fingerprint density at radius 2 is 1.95 bits per heavy atom. The summed E-state index contributed by atoms with van der Waals surface area (Å²) in [7, 11) is 1.87. The summed E-state index contributed by atoms with van der Waals surface area (Å²) in [6.07, 6.45) is 0. The Morgan fingerprint density at radius 3 is 2.50 bits per heavy atom. The summed E-state index contributed by atoms with van der Waals surface area (Å²) in [5.74, 6) is 0.479. The van der Waals surface area contributed by atoms with Crippen molar-refractivity contribution < 1.29 is 4.79 Å². The SMILES string of the molecule is CCN(C(=O)c1cc(C)nc2c1c(C)nn2C)C(C)C(C)C. The predicted octanol–water partition coefficient (Wildman–Crippen LogP) is 3.09. The molecule has 0 radical (unpaired) electrons. The molecule has 0 aromatic carbocycles. The van der Waals surface area contributed by atoms with Gasteiger partial charge in [0.25, 0.3) is 5.91 Å². The third-order valence-electron chi connectivity index (χ3n) is 4.39. The van der Waals surface area contributed by atoms with Crippen molar-refractivity contribution in [1.82, 2.24) is 19.7 Å². The molecule has 0 aliphatic carbocycles. The Bertz CT molecular complexity index is 702. The fourth-order valence-electron chi connectivity index (χ4n) is 2.87. The van der Waals surface area contributed by atoms with Gasteiger partial charge in [0.15, 0.2) is 5.65 Å². The van der Waals surface area contributed by atoms with Crippen LogP contribution in [0.2, 0.25) is 0 Å². The van der Waals surface area contributed by atoms with Gasteiger partial charge in [-0.2, -0.15) is 5.10 Å². The average Bonchev–Trinajstić information content (AvgIpc) is 2.73. The molecule has 120 valence electrons. The Labute approximate surface area is 132 Å². The van der Waals surface area contributed by atoms with Crippen LogP contribution in [0, 0.1) is 19.8 Å². The van der Waals surface area contributed by atoms with Gasteiger partial charge in [-0.05, 0) is 39.7 Å². The summed E-state index contributed by atoms with van der Waals surface area (Å²) >= 11 is 0. The van der Waals surface area contributed by atoms with Crippen LogP contribution < -0.4 is 0 Å². The molecule has 1 unspecified atom stereocenters. The molecule has 0 fully saturated rings. The number of hydrogen-bond donors (Lipinski definition) is 0. The second kappa shape index (κ2) is 6.07. The minimum Gasteiger partial charge on any atom is -0.336 e. The molecule has 0 aliphatic rings. The second-order valence-corrected chi connectivity index (χ2v) is 6.29. The molecule has 1 amide bonds. The van der Waals surface area contributed by atoms with Gasteiger partial charge >= 0.3 is 0 Å². The molecule has 2 aromatic rings. The van der Waals surface area contributed by atoms with Gasteiger partial charge in [-0.1, -0.05) is 13.8 Å². The summed E-state index contributed by atoms with van der Waals surface area (Å²) in [6, 6.07) is 2.08. The maximum atomic E-state index is 13.1. The molecule has 2 rings (SSSR count). The minimum absolute atomic E-state index is 0.0651. The summed E-state index contributed by atoms with van der Waals surface area (Å²) in [4.78, 5) is 19.6. The Morgan fingerprint density at radius 1 is 1.32 bits per heavy atom. The molecular weight excluding hydrogens is 276 g/mol. The van der Waals surface area contributed by atoms with Crippen molar-refractivity contribution in [3.63, 3.8) is 0 Å². The number of hydrogen-bond acceptors (Lipinski definition) is 3. The number of aryl methyl sites for hydroxylation is 3. The highest BCUT2D eigenvalue weighted by Crippen LogP contribution is 2.24. The average molecular weight is 302 g/mol. The van der Waals surface area contributed by atoms with E-state index in [1.807, 2.05) is 38.8 Å². The van der Waals surface area contributed by atoms with E-state index in [0.717, 1.165) is 22.4 Å². The topological polar surface area (TPSA) is 51.0 Å². The van der Waals surface area contributed by atoms with Crippen LogP contribution in [0.4, 0.5) is 0 Å². The second-order valence-electron chi connectivity index (χ2n) is 6.29. The maximum absolute atomic E-state index is 13.1. The molecular formula is C17H26N4O. The molecule has 22 heavy (non-hydrogen) atoms. The molecule has 5 nitrogen and oxygen atoms in total. The molecule has 2 aromatic heterocycles. The molecule has 0 spiro atoms. The lowest BCUT2D eigenvalue weighted by Gasteiger charge is -2.31. The van der Waals surface area contributed by atoms with Crippen LogP contribution in [0.3, 0.4) is 0 Å².